The van der Waals surface area contributed by atoms with Gasteiger partial charge in [-0.05, 0) is 30.0 Å². The molecule has 0 saturated carbocycles. The molecule has 0 saturated heterocycles. The summed E-state index contributed by atoms with van der Waals surface area (Å²) in [5.74, 6) is -0.444. The maximum Gasteiger partial charge on any atom is 0.328 e. The Balaban J connectivity index is 3.33. The highest BCUT2D eigenvalue weighted by Crippen LogP contribution is 2.15. The van der Waals surface area contributed by atoms with E-state index in [4.69, 9.17) is 5.11 Å². The highest BCUT2D eigenvalue weighted by Gasteiger charge is 2.11. The number of carboxylic acids is 1. The Morgan fingerprint density at radius 3 is 2.42 bits per heavy atom. The zero-order chi connectivity index (χ0) is 14.6. The Morgan fingerprint density at radius 1 is 1.32 bits per heavy atom. The number of rotatable bonds is 5. The van der Waals surface area contributed by atoms with Crippen LogP contribution in [0.4, 0.5) is 0 Å². The van der Waals surface area contributed by atoms with Crippen molar-refractivity contribution >= 4 is 12.0 Å². The van der Waals surface area contributed by atoms with Crippen molar-refractivity contribution in [3.05, 3.63) is 39.8 Å². The van der Waals surface area contributed by atoms with E-state index in [2.05, 4.69) is 13.8 Å². The third-order valence-corrected chi connectivity index (χ3v) is 2.78. The van der Waals surface area contributed by atoms with Crippen LogP contribution in [-0.2, 0) is 11.3 Å². The van der Waals surface area contributed by atoms with Gasteiger partial charge in [0.25, 0.3) is 5.56 Å². The van der Waals surface area contributed by atoms with Crippen LogP contribution >= 0.6 is 0 Å². The molecule has 0 aliphatic carbocycles. The van der Waals surface area contributed by atoms with Crippen molar-refractivity contribution in [3.63, 3.8) is 0 Å². The molecule has 1 aromatic rings. The van der Waals surface area contributed by atoms with Crippen LogP contribution < -0.4 is 5.56 Å². The predicted octanol–water partition coefficient (Wildman–Crippen LogP) is 2.73. The number of hydrogen-bond donors (Lipinski definition) is 1. The fraction of sp³-hybridized carbons (Fsp3) is 0.467. The molecule has 0 amide bonds. The van der Waals surface area contributed by atoms with Gasteiger partial charge in [-0.25, -0.2) is 4.79 Å². The topological polar surface area (TPSA) is 59.3 Å². The summed E-state index contributed by atoms with van der Waals surface area (Å²) in [7, 11) is 0. The van der Waals surface area contributed by atoms with E-state index < -0.39 is 5.97 Å². The van der Waals surface area contributed by atoms with Crippen LogP contribution in [0.2, 0.25) is 0 Å². The molecule has 0 aliphatic rings. The molecule has 0 atom stereocenters. The number of aromatic nitrogens is 1. The van der Waals surface area contributed by atoms with Crippen molar-refractivity contribution in [2.45, 2.75) is 40.2 Å². The van der Waals surface area contributed by atoms with Gasteiger partial charge >= 0.3 is 5.97 Å². The maximum absolute atomic E-state index is 12.4. The van der Waals surface area contributed by atoms with Crippen LogP contribution in [0.15, 0.2) is 23.0 Å². The molecule has 19 heavy (non-hydrogen) atoms. The van der Waals surface area contributed by atoms with E-state index in [0.717, 1.165) is 11.8 Å². The lowest BCUT2D eigenvalue weighted by atomic mass is 10.1. The van der Waals surface area contributed by atoms with Gasteiger partial charge in [0.15, 0.2) is 0 Å². The lowest BCUT2D eigenvalue weighted by molar-refractivity contribution is -0.131. The summed E-state index contributed by atoms with van der Waals surface area (Å²) in [6.45, 7) is 8.82. The van der Waals surface area contributed by atoms with Crippen molar-refractivity contribution in [2.75, 3.05) is 0 Å². The van der Waals surface area contributed by atoms with E-state index in [1.807, 2.05) is 19.9 Å². The molecule has 0 fully saturated rings. The largest absolute Gasteiger partial charge is 0.478 e. The van der Waals surface area contributed by atoms with E-state index in [1.54, 1.807) is 10.6 Å². The Labute approximate surface area is 113 Å². The minimum absolute atomic E-state index is 0.127. The fourth-order valence-corrected chi connectivity index (χ4v) is 1.96. The van der Waals surface area contributed by atoms with Crippen LogP contribution in [0.5, 0.6) is 0 Å². The van der Waals surface area contributed by atoms with Crippen LogP contribution in [0.1, 0.15) is 44.9 Å². The first kappa shape index (κ1) is 15.2. The van der Waals surface area contributed by atoms with E-state index in [-0.39, 0.29) is 11.5 Å². The lowest BCUT2D eigenvalue weighted by Gasteiger charge is -2.18. The van der Waals surface area contributed by atoms with Gasteiger partial charge in [0, 0.05) is 23.9 Å². The number of carbonyl (C=O) groups is 1. The second-order valence-corrected chi connectivity index (χ2v) is 5.35. The number of carboxylic acid groups (broad SMARTS) is 1. The summed E-state index contributed by atoms with van der Waals surface area (Å²) in [4.78, 5) is 22.9. The summed E-state index contributed by atoms with van der Waals surface area (Å²) in [5.41, 5.74) is 1.26. The first-order chi connectivity index (χ1) is 8.82. The van der Waals surface area contributed by atoms with Gasteiger partial charge in [0.1, 0.15) is 0 Å². The first-order valence-corrected chi connectivity index (χ1v) is 6.47. The van der Waals surface area contributed by atoms with Gasteiger partial charge in [0.2, 0.25) is 0 Å². The summed E-state index contributed by atoms with van der Waals surface area (Å²) >= 11 is 0. The minimum Gasteiger partial charge on any atom is -0.478 e. The normalized spacial score (nSPS) is 11.7. The molecule has 4 heteroatoms. The quantitative estimate of drug-likeness (QED) is 0.831. The number of hydrogen-bond acceptors (Lipinski definition) is 2. The van der Waals surface area contributed by atoms with Crippen molar-refractivity contribution in [3.8, 4) is 0 Å². The van der Waals surface area contributed by atoms with Crippen LogP contribution in [0, 0.1) is 5.92 Å². The van der Waals surface area contributed by atoms with Gasteiger partial charge in [-0.15, -0.1) is 0 Å². The third kappa shape index (κ3) is 4.09. The molecule has 0 unspecified atom stereocenters. The highest BCUT2D eigenvalue weighted by atomic mass is 16.4. The summed E-state index contributed by atoms with van der Waals surface area (Å²) < 4.78 is 1.75. The van der Waals surface area contributed by atoms with Gasteiger partial charge in [0.05, 0.1) is 0 Å². The second-order valence-electron chi connectivity index (χ2n) is 5.35. The molecule has 104 valence electrons. The Hall–Kier alpha value is -1.84. The van der Waals surface area contributed by atoms with E-state index in [9.17, 15) is 9.59 Å². The standard InChI is InChI=1S/C15H21NO3/c1-10(2)9-16-13(11(3)4)7-5-12(15(16)19)6-8-14(17)18/h5-8,10-11H,9H2,1-4H3,(H,17,18)/b8-6+. The average Bonchev–Trinajstić information content (AvgIpc) is 2.29. The van der Waals surface area contributed by atoms with Crippen molar-refractivity contribution < 1.29 is 9.90 Å². The monoisotopic (exact) mass is 263 g/mol. The average molecular weight is 263 g/mol. The maximum atomic E-state index is 12.4. The number of aliphatic carboxylic acids is 1. The molecule has 1 N–H and O–H groups in total. The molecule has 0 aliphatic heterocycles. The molecule has 0 bridgehead atoms. The predicted molar refractivity (Wildman–Crippen MR) is 76.3 cm³/mol. The molecule has 1 rings (SSSR count). The molecule has 0 radical (unpaired) electrons. The number of pyridine rings is 1. The van der Waals surface area contributed by atoms with Gasteiger partial charge in [-0.3, -0.25) is 4.79 Å². The Bertz CT molecular complexity index is 539. The molecule has 1 heterocycles. The van der Waals surface area contributed by atoms with E-state index in [0.29, 0.717) is 18.0 Å². The SMILES string of the molecule is CC(C)Cn1c(C(C)C)ccc(/C=C/C(=O)O)c1=O. The van der Waals surface area contributed by atoms with Gasteiger partial charge in [-0.2, -0.15) is 0 Å². The Kier molecular flexibility index (Phi) is 5.10. The zero-order valence-corrected chi connectivity index (χ0v) is 11.9. The molecule has 4 nitrogen and oxygen atoms in total. The number of nitrogens with zero attached hydrogens (tertiary/aromatic N) is 1. The van der Waals surface area contributed by atoms with Gasteiger partial charge < -0.3 is 9.67 Å². The van der Waals surface area contributed by atoms with Crippen molar-refractivity contribution in [1.82, 2.24) is 4.57 Å². The summed E-state index contributed by atoms with van der Waals surface area (Å²) in [5, 5.41) is 8.63. The van der Waals surface area contributed by atoms with Crippen LogP contribution in [0.25, 0.3) is 6.08 Å². The first-order valence-electron chi connectivity index (χ1n) is 6.47. The molecule has 0 spiro atoms. The van der Waals surface area contributed by atoms with Crippen molar-refractivity contribution in [1.29, 1.82) is 0 Å². The van der Waals surface area contributed by atoms with Crippen LogP contribution in [-0.4, -0.2) is 15.6 Å². The van der Waals surface area contributed by atoms with Gasteiger partial charge in [-0.1, -0.05) is 27.7 Å². The van der Waals surface area contributed by atoms with Crippen LogP contribution in [0.3, 0.4) is 0 Å². The minimum atomic E-state index is -1.05. The highest BCUT2D eigenvalue weighted by molar-refractivity contribution is 5.85. The molecular formula is C15H21NO3. The zero-order valence-electron chi connectivity index (χ0n) is 11.9. The summed E-state index contributed by atoms with van der Waals surface area (Å²) in [6.07, 6.45) is 2.34. The third-order valence-electron chi connectivity index (χ3n) is 2.78. The lowest BCUT2D eigenvalue weighted by Crippen LogP contribution is -2.27. The molecular weight excluding hydrogens is 242 g/mol. The summed E-state index contributed by atoms with van der Waals surface area (Å²) in [6, 6.07) is 3.59. The van der Waals surface area contributed by atoms with E-state index >= 15 is 0 Å². The molecule has 1 aromatic heterocycles. The fourth-order valence-electron chi connectivity index (χ4n) is 1.96. The Morgan fingerprint density at radius 2 is 1.95 bits per heavy atom. The molecule has 0 aromatic carbocycles. The van der Waals surface area contributed by atoms with E-state index in [1.165, 1.54) is 6.08 Å². The van der Waals surface area contributed by atoms with Crippen molar-refractivity contribution in [2.24, 2.45) is 5.92 Å². The second kappa shape index (κ2) is 6.36. The smallest absolute Gasteiger partial charge is 0.328 e.